The fraction of sp³-hybridized carbons (Fsp3) is 0.357. The van der Waals surface area contributed by atoms with Crippen LogP contribution in [0.4, 0.5) is 0 Å². The number of aromatic nitrogens is 1. The summed E-state index contributed by atoms with van der Waals surface area (Å²) in [5.74, 6) is 0.673. The number of hydrogen-bond donors (Lipinski definition) is 1. The first-order chi connectivity index (χ1) is 9.92. The van der Waals surface area contributed by atoms with Gasteiger partial charge in [0, 0.05) is 24.0 Å². The van der Waals surface area contributed by atoms with E-state index in [2.05, 4.69) is 9.71 Å². The molecule has 0 saturated heterocycles. The summed E-state index contributed by atoms with van der Waals surface area (Å²) in [6.45, 7) is 4.07. The van der Waals surface area contributed by atoms with Crippen LogP contribution >= 0.6 is 11.3 Å². The summed E-state index contributed by atoms with van der Waals surface area (Å²) in [5.41, 5.74) is 1.75. The number of benzene rings is 1. The molecule has 0 aliphatic rings. The molecule has 1 N–H and O–H groups in total. The highest BCUT2D eigenvalue weighted by molar-refractivity contribution is 7.89. The number of rotatable bonds is 6. The fourth-order valence-corrected chi connectivity index (χ4v) is 3.80. The molecule has 1 heterocycles. The minimum atomic E-state index is -3.50. The van der Waals surface area contributed by atoms with E-state index in [-0.39, 0.29) is 4.90 Å². The Balaban J connectivity index is 2.02. The van der Waals surface area contributed by atoms with Gasteiger partial charge in [-0.25, -0.2) is 18.1 Å². The number of nitrogens with one attached hydrogen (secondary N) is 1. The third-order valence-electron chi connectivity index (χ3n) is 2.97. The summed E-state index contributed by atoms with van der Waals surface area (Å²) < 4.78 is 32.1. The maximum Gasteiger partial charge on any atom is 0.240 e. The van der Waals surface area contributed by atoms with E-state index in [1.165, 1.54) is 0 Å². The monoisotopic (exact) mass is 326 g/mol. The Kier molecular flexibility index (Phi) is 4.97. The molecule has 0 aliphatic heterocycles. The van der Waals surface area contributed by atoms with Gasteiger partial charge < -0.3 is 4.74 Å². The summed E-state index contributed by atoms with van der Waals surface area (Å²) in [7, 11) is -1.94. The maximum absolute atomic E-state index is 12.2. The molecular formula is C14H18N2O3S2. The van der Waals surface area contributed by atoms with Crippen molar-refractivity contribution < 1.29 is 13.2 Å². The van der Waals surface area contributed by atoms with Gasteiger partial charge in [0.05, 0.1) is 17.0 Å². The number of hydrogen-bond acceptors (Lipinski definition) is 5. The van der Waals surface area contributed by atoms with Gasteiger partial charge in [-0.1, -0.05) is 0 Å². The summed E-state index contributed by atoms with van der Waals surface area (Å²) in [6, 6.07) is 4.81. The average molecular weight is 326 g/mol. The molecule has 114 valence electrons. The van der Waals surface area contributed by atoms with E-state index >= 15 is 0 Å². The predicted molar refractivity (Wildman–Crippen MR) is 83.5 cm³/mol. The third kappa shape index (κ3) is 4.03. The summed E-state index contributed by atoms with van der Waals surface area (Å²) in [6.07, 6.45) is 0.590. The first kappa shape index (κ1) is 15.9. The van der Waals surface area contributed by atoms with Crippen LogP contribution < -0.4 is 9.46 Å². The van der Waals surface area contributed by atoms with E-state index in [0.717, 1.165) is 16.3 Å². The molecule has 2 aromatic rings. The van der Waals surface area contributed by atoms with Crippen LogP contribution in [0.3, 0.4) is 0 Å². The highest BCUT2D eigenvalue weighted by Crippen LogP contribution is 2.21. The lowest BCUT2D eigenvalue weighted by atomic mass is 10.2. The molecule has 0 unspecified atom stereocenters. The van der Waals surface area contributed by atoms with Crippen molar-refractivity contribution in [2.45, 2.75) is 25.2 Å². The standard InChI is InChI=1S/C14H18N2O3S2/c1-10-8-12(4-5-13(10)19-3)21(17,18)15-7-6-14-16-11(2)9-20-14/h4-5,8-9,15H,6-7H2,1-3H3. The Morgan fingerprint density at radius 1 is 1.33 bits per heavy atom. The lowest BCUT2D eigenvalue weighted by Gasteiger charge is -2.09. The van der Waals surface area contributed by atoms with Crippen LogP contribution in [0.15, 0.2) is 28.5 Å². The van der Waals surface area contributed by atoms with Gasteiger partial charge in [-0.15, -0.1) is 11.3 Å². The Hall–Kier alpha value is -1.44. The van der Waals surface area contributed by atoms with Crippen LogP contribution in [0.2, 0.25) is 0 Å². The van der Waals surface area contributed by atoms with Gasteiger partial charge in [0.25, 0.3) is 0 Å². The molecule has 0 amide bonds. The van der Waals surface area contributed by atoms with Gasteiger partial charge in [0.15, 0.2) is 0 Å². The highest BCUT2D eigenvalue weighted by Gasteiger charge is 2.15. The van der Waals surface area contributed by atoms with Crippen molar-refractivity contribution in [3.63, 3.8) is 0 Å². The zero-order chi connectivity index (χ0) is 15.5. The van der Waals surface area contributed by atoms with Gasteiger partial charge >= 0.3 is 0 Å². The van der Waals surface area contributed by atoms with Crippen LogP contribution in [0, 0.1) is 13.8 Å². The molecule has 7 heteroatoms. The minimum Gasteiger partial charge on any atom is -0.496 e. The first-order valence-corrected chi connectivity index (χ1v) is 8.84. The van der Waals surface area contributed by atoms with Crippen LogP contribution in [0.1, 0.15) is 16.3 Å². The van der Waals surface area contributed by atoms with Crippen molar-refractivity contribution >= 4 is 21.4 Å². The smallest absolute Gasteiger partial charge is 0.240 e. The normalized spacial score (nSPS) is 11.6. The molecule has 0 bridgehead atoms. The Bertz CT molecular complexity index is 724. The second-order valence-electron chi connectivity index (χ2n) is 4.66. The van der Waals surface area contributed by atoms with Gasteiger partial charge in [0.2, 0.25) is 10.0 Å². The van der Waals surface area contributed by atoms with Crippen molar-refractivity contribution in [1.29, 1.82) is 0 Å². The topological polar surface area (TPSA) is 68.3 Å². The van der Waals surface area contributed by atoms with Crippen LogP contribution in [-0.2, 0) is 16.4 Å². The van der Waals surface area contributed by atoms with Crippen molar-refractivity contribution in [3.8, 4) is 5.75 Å². The van der Waals surface area contributed by atoms with Crippen LogP contribution in [0.25, 0.3) is 0 Å². The zero-order valence-corrected chi connectivity index (χ0v) is 13.8. The maximum atomic E-state index is 12.2. The number of thiazole rings is 1. The molecule has 1 aromatic heterocycles. The Morgan fingerprint density at radius 3 is 2.67 bits per heavy atom. The van der Waals surface area contributed by atoms with E-state index in [1.807, 2.05) is 19.2 Å². The Labute approximate surface area is 129 Å². The predicted octanol–water partition coefficient (Wildman–Crippen LogP) is 2.29. The number of nitrogens with zero attached hydrogens (tertiary/aromatic N) is 1. The number of methoxy groups -OCH3 is 1. The van der Waals surface area contributed by atoms with E-state index in [0.29, 0.717) is 18.7 Å². The van der Waals surface area contributed by atoms with E-state index < -0.39 is 10.0 Å². The molecule has 0 aliphatic carbocycles. The molecule has 0 saturated carbocycles. The molecule has 2 rings (SSSR count). The lowest BCUT2D eigenvalue weighted by Crippen LogP contribution is -2.26. The van der Waals surface area contributed by atoms with Gasteiger partial charge in [-0.2, -0.15) is 0 Å². The van der Waals surface area contributed by atoms with Crippen molar-refractivity contribution in [1.82, 2.24) is 9.71 Å². The van der Waals surface area contributed by atoms with Crippen LogP contribution in [0.5, 0.6) is 5.75 Å². The molecule has 1 aromatic carbocycles. The fourth-order valence-electron chi connectivity index (χ4n) is 1.91. The number of ether oxygens (including phenoxy) is 1. The van der Waals surface area contributed by atoms with E-state index in [1.54, 1.807) is 36.6 Å². The molecule has 0 atom stereocenters. The average Bonchev–Trinajstić information content (AvgIpc) is 2.84. The molecule has 0 fully saturated rings. The van der Waals surface area contributed by atoms with Crippen molar-refractivity contribution in [2.75, 3.05) is 13.7 Å². The van der Waals surface area contributed by atoms with E-state index in [9.17, 15) is 8.42 Å². The number of aryl methyl sites for hydroxylation is 2. The molecule has 0 radical (unpaired) electrons. The second-order valence-corrected chi connectivity index (χ2v) is 7.37. The highest BCUT2D eigenvalue weighted by atomic mass is 32.2. The Morgan fingerprint density at radius 2 is 2.10 bits per heavy atom. The van der Waals surface area contributed by atoms with Gasteiger partial charge in [0.1, 0.15) is 5.75 Å². The lowest BCUT2D eigenvalue weighted by molar-refractivity contribution is 0.411. The second kappa shape index (κ2) is 6.55. The molecule has 0 spiro atoms. The van der Waals surface area contributed by atoms with E-state index in [4.69, 9.17) is 4.74 Å². The summed E-state index contributed by atoms with van der Waals surface area (Å²) in [5, 5.41) is 2.89. The molecule has 5 nitrogen and oxygen atoms in total. The van der Waals surface area contributed by atoms with Gasteiger partial charge in [-0.3, -0.25) is 0 Å². The molecular weight excluding hydrogens is 308 g/mol. The third-order valence-corrected chi connectivity index (χ3v) is 5.46. The quantitative estimate of drug-likeness (QED) is 0.884. The summed E-state index contributed by atoms with van der Waals surface area (Å²) >= 11 is 1.54. The van der Waals surface area contributed by atoms with Gasteiger partial charge in [-0.05, 0) is 37.6 Å². The van der Waals surface area contributed by atoms with Crippen molar-refractivity contribution in [2.24, 2.45) is 0 Å². The zero-order valence-electron chi connectivity index (χ0n) is 12.2. The SMILES string of the molecule is COc1ccc(S(=O)(=O)NCCc2nc(C)cs2)cc1C. The van der Waals surface area contributed by atoms with Crippen molar-refractivity contribution in [3.05, 3.63) is 39.8 Å². The largest absolute Gasteiger partial charge is 0.496 e. The van der Waals surface area contributed by atoms with Crippen LogP contribution in [-0.4, -0.2) is 27.1 Å². The summed E-state index contributed by atoms with van der Waals surface area (Å²) in [4.78, 5) is 4.55. The number of sulfonamides is 1. The first-order valence-electron chi connectivity index (χ1n) is 6.47. The molecule has 21 heavy (non-hydrogen) atoms. The minimum absolute atomic E-state index is 0.246.